The smallest absolute Gasteiger partial charge is 0.232 e. The van der Waals surface area contributed by atoms with Gasteiger partial charge in [-0.05, 0) is 57.1 Å². The van der Waals surface area contributed by atoms with E-state index in [4.69, 9.17) is 0 Å². The zero-order valence-electron chi connectivity index (χ0n) is 13.7. The molecule has 120 valence electrons. The second-order valence-electron chi connectivity index (χ2n) is 7.24. The Balaban J connectivity index is 1.85. The molecule has 3 rings (SSSR count). The third kappa shape index (κ3) is 2.67. The second-order valence-corrected chi connectivity index (χ2v) is 7.24. The lowest BCUT2D eigenvalue weighted by Gasteiger charge is -2.42. The fourth-order valence-corrected chi connectivity index (χ4v) is 4.20. The highest BCUT2D eigenvalue weighted by Gasteiger charge is 2.42. The van der Waals surface area contributed by atoms with E-state index in [0.717, 1.165) is 38.6 Å². The van der Waals surface area contributed by atoms with Crippen LogP contribution in [0, 0.1) is 5.92 Å². The van der Waals surface area contributed by atoms with Crippen molar-refractivity contribution in [2.24, 2.45) is 5.92 Å². The molecule has 1 aromatic carbocycles. The van der Waals surface area contributed by atoms with Crippen LogP contribution >= 0.6 is 0 Å². The molecule has 1 amide bonds. The first-order valence-electron chi connectivity index (χ1n) is 8.58. The van der Waals surface area contributed by atoms with Crippen LogP contribution in [0.25, 0.3) is 0 Å². The lowest BCUT2D eigenvalue weighted by molar-refractivity contribution is -0.140. The fourth-order valence-electron chi connectivity index (χ4n) is 4.20. The zero-order chi connectivity index (χ0) is 15.7. The number of aliphatic hydroxyl groups excluding tert-OH is 1. The summed E-state index contributed by atoms with van der Waals surface area (Å²) in [7, 11) is 0. The molecule has 3 heteroatoms. The van der Waals surface area contributed by atoms with Gasteiger partial charge in [0.1, 0.15) is 0 Å². The lowest BCUT2D eigenvalue weighted by Crippen LogP contribution is -2.51. The molecule has 3 unspecified atom stereocenters. The van der Waals surface area contributed by atoms with Crippen LogP contribution in [-0.2, 0) is 16.6 Å². The van der Waals surface area contributed by atoms with Crippen molar-refractivity contribution >= 4 is 5.91 Å². The van der Waals surface area contributed by atoms with E-state index >= 15 is 0 Å². The first-order chi connectivity index (χ1) is 10.5. The Morgan fingerprint density at radius 1 is 1.36 bits per heavy atom. The Kier molecular flexibility index (Phi) is 4.26. The minimum Gasteiger partial charge on any atom is -0.393 e. The van der Waals surface area contributed by atoms with Gasteiger partial charge in [-0.25, -0.2) is 0 Å². The van der Waals surface area contributed by atoms with Crippen LogP contribution in [0.1, 0.15) is 50.7 Å². The van der Waals surface area contributed by atoms with Crippen LogP contribution in [-0.4, -0.2) is 35.1 Å². The molecule has 1 heterocycles. The number of carbonyl (C=O) groups is 1. The topological polar surface area (TPSA) is 40.5 Å². The maximum atomic E-state index is 13.3. The van der Waals surface area contributed by atoms with Gasteiger partial charge in [0.15, 0.2) is 0 Å². The van der Waals surface area contributed by atoms with Crippen molar-refractivity contribution in [1.82, 2.24) is 4.90 Å². The van der Waals surface area contributed by atoms with E-state index in [-0.39, 0.29) is 17.9 Å². The average molecular weight is 301 g/mol. The summed E-state index contributed by atoms with van der Waals surface area (Å²) in [5.74, 6) is 0.477. The van der Waals surface area contributed by atoms with Crippen molar-refractivity contribution < 1.29 is 9.90 Å². The van der Waals surface area contributed by atoms with Crippen LogP contribution in [0.5, 0.6) is 0 Å². The molecule has 1 aromatic rings. The number of benzene rings is 1. The first kappa shape index (κ1) is 15.5. The van der Waals surface area contributed by atoms with E-state index in [9.17, 15) is 9.90 Å². The number of piperidine rings is 1. The quantitative estimate of drug-likeness (QED) is 0.912. The van der Waals surface area contributed by atoms with E-state index in [1.54, 1.807) is 0 Å². The first-order valence-corrected chi connectivity index (χ1v) is 8.58. The number of rotatable bonds is 2. The molecule has 0 saturated carbocycles. The molecule has 1 aliphatic heterocycles. The summed E-state index contributed by atoms with van der Waals surface area (Å²) in [4.78, 5) is 15.3. The average Bonchev–Trinajstić information content (AvgIpc) is 2.54. The van der Waals surface area contributed by atoms with Crippen LogP contribution in [0.2, 0.25) is 0 Å². The molecule has 1 N–H and O–H groups in total. The Hall–Kier alpha value is -1.35. The summed E-state index contributed by atoms with van der Waals surface area (Å²) in [6.45, 7) is 5.49. The largest absolute Gasteiger partial charge is 0.393 e. The summed E-state index contributed by atoms with van der Waals surface area (Å²) < 4.78 is 0. The van der Waals surface area contributed by atoms with Gasteiger partial charge in [0.25, 0.3) is 0 Å². The number of fused-ring (bicyclic) bond motifs is 1. The van der Waals surface area contributed by atoms with Crippen molar-refractivity contribution in [3.05, 3.63) is 35.4 Å². The van der Waals surface area contributed by atoms with Gasteiger partial charge >= 0.3 is 0 Å². The van der Waals surface area contributed by atoms with Crippen LogP contribution in [0.4, 0.5) is 0 Å². The number of nitrogens with zero attached hydrogens (tertiary/aromatic N) is 1. The number of likely N-dealkylation sites (tertiary alicyclic amines) is 1. The van der Waals surface area contributed by atoms with E-state index in [2.05, 4.69) is 25.1 Å². The SMILES string of the molecule is CC(O)C1CCCN(C(=O)C2(C)CCCc3ccccc32)C1. The van der Waals surface area contributed by atoms with Gasteiger partial charge < -0.3 is 10.0 Å². The molecule has 0 aromatic heterocycles. The number of hydrogen-bond donors (Lipinski definition) is 1. The van der Waals surface area contributed by atoms with Crippen LogP contribution in [0.15, 0.2) is 24.3 Å². The van der Waals surface area contributed by atoms with Gasteiger partial charge in [-0.1, -0.05) is 24.3 Å². The molecular formula is C19H27NO2. The Morgan fingerprint density at radius 2 is 2.14 bits per heavy atom. The normalized spacial score (nSPS) is 29.8. The number of amides is 1. The molecule has 3 nitrogen and oxygen atoms in total. The summed E-state index contributed by atoms with van der Waals surface area (Å²) in [5, 5.41) is 9.87. The Bertz CT molecular complexity index is 554. The summed E-state index contributed by atoms with van der Waals surface area (Å²) in [5.41, 5.74) is 2.15. The molecule has 0 spiro atoms. The number of carbonyl (C=O) groups excluding carboxylic acids is 1. The zero-order valence-corrected chi connectivity index (χ0v) is 13.7. The number of aryl methyl sites for hydroxylation is 1. The Morgan fingerprint density at radius 3 is 2.91 bits per heavy atom. The molecule has 0 radical (unpaired) electrons. The molecular weight excluding hydrogens is 274 g/mol. The molecule has 22 heavy (non-hydrogen) atoms. The minimum absolute atomic E-state index is 0.222. The van der Waals surface area contributed by atoms with Gasteiger partial charge in [0, 0.05) is 19.0 Å². The molecule has 1 saturated heterocycles. The van der Waals surface area contributed by atoms with Crippen molar-refractivity contribution in [2.75, 3.05) is 13.1 Å². The predicted molar refractivity (Wildman–Crippen MR) is 87.7 cm³/mol. The lowest BCUT2D eigenvalue weighted by atomic mass is 9.70. The highest BCUT2D eigenvalue weighted by atomic mass is 16.3. The highest BCUT2D eigenvalue weighted by molar-refractivity contribution is 5.88. The predicted octanol–water partition coefficient (Wildman–Crippen LogP) is 2.90. The van der Waals surface area contributed by atoms with Crippen molar-refractivity contribution in [3.63, 3.8) is 0 Å². The molecule has 1 fully saturated rings. The van der Waals surface area contributed by atoms with Crippen molar-refractivity contribution in [3.8, 4) is 0 Å². The van der Waals surface area contributed by atoms with Gasteiger partial charge in [0.2, 0.25) is 5.91 Å². The molecule has 1 aliphatic carbocycles. The monoisotopic (exact) mass is 301 g/mol. The van der Waals surface area contributed by atoms with E-state index in [0.29, 0.717) is 6.54 Å². The van der Waals surface area contributed by atoms with Gasteiger partial charge in [-0.3, -0.25) is 4.79 Å². The van der Waals surface area contributed by atoms with E-state index in [1.165, 1.54) is 11.1 Å². The minimum atomic E-state index is -0.393. The molecule has 2 aliphatic rings. The number of aliphatic hydroxyl groups is 1. The third-order valence-electron chi connectivity index (χ3n) is 5.63. The summed E-state index contributed by atoms with van der Waals surface area (Å²) in [6, 6.07) is 8.40. The van der Waals surface area contributed by atoms with Gasteiger partial charge in [-0.15, -0.1) is 0 Å². The van der Waals surface area contributed by atoms with Crippen LogP contribution in [0.3, 0.4) is 0 Å². The highest BCUT2D eigenvalue weighted by Crippen LogP contribution is 2.39. The van der Waals surface area contributed by atoms with Crippen molar-refractivity contribution in [1.29, 1.82) is 0 Å². The Labute approximate surface area is 133 Å². The summed E-state index contributed by atoms with van der Waals surface area (Å²) in [6.07, 6.45) is 4.77. The third-order valence-corrected chi connectivity index (χ3v) is 5.63. The van der Waals surface area contributed by atoms with Gasteiger partial charge in [0.05, 0.1) is 11.5 Å². The maximum absolute atomic E-state index is 13.3. The van der Waals surface area contributed by atoms with Gasteiger partial charge in [-0.2, -0.15) is 0 Å². The molecule has 3 atom stereocenters. The standard InChI is InChI=1S/C19H27NO2/c1-14(21)16-9-6-12-20(13-16)18(22)19(2)11-5-8-15-7-3-4-10-17(15)19/h3-4,7,10,14,16,21H,5-6,8-9,11-13H2,1-2H3. The second kappa shape index (κ2) is 6.04. The van der Waals surface area contributed by atoms with E-state index < -0.39 is 5.41 Å². The number of hydrogen-bond acceptors (Lipinski definition) is 2. The maximum Gasteiger partial charge on any atom is 0.232 e. The summed E-state index contributed by atoms with van der Waals surface area (Å²) >= 11 is 0. The van der Waals surface area contributed by atoms with Crippen LogP contribution < -0.4 is 0 Å². The van der Waals surface area contributed by atoms with E-state index in [1.807, 2.05) is 17.9 Å². The molecule has 0 bridgehead atoms. The van der Waals surface area contributed by atoms with Crippen molar-refractivity contribution in [2.45, 2.75) is 57.5 Å². The fraction of sp³-hybridized carbons (Fsp3) is 0.632.